The quantitative estimate of drug-likeness (QED) is 0.869. The van der Waals surface area contributed by atoms with Crippen molar-refractivity contribution in [3.63, 3.8) is 0 Å². The Morgan fingerprint density at radius 1 is 1.55 bits per heavy atom. The number of hydrogen-bond donors (Lipinski definition) is 1. The van der Waals surface area contributed by atoms with Gasteiger partial charge in [0.25, 0.3) is 11.7 Å². The van der Waals surface area contributed by atoms with E-state index in [-0.39, 0.29) is 17.8 Å². The van der Waals surface area contributed by atoms with Gasteiger partial charge < -0.3 is 10.0 Å². The van der Waals surface area contributed by atoms with Crippen LogP contribution < -0.4 is 0 Å². The van der Waals surface area contributed by atoms with E-state index in [4.69, 9.17) is 0 Å². The number of amides is 1. The number of aliphatic hydroxyl groups is 1. The maximum absolute atomic E-state index is 12.3. The molecule has 0 aromatic carbocycles. The fourth-order valence-electron chi connectivity index (χ4n) is 2.49. The first-order chi connectivity index (χ1) is 9.54. The van der Waals surface area contributed by atoms with Crippen LogP contribution in [-0.2, 0) is 0 Å². The van der Waals surface area contributed by atoms with E-state index in [2.05, 4.69) is 15.1 Å². The highest BCUT2D eigenvalue weighted by atomic mass is 16.3. The second-order valence-corrected chi connectivity index (χ2v) is 5.41. The van der Waals surface area contributed by atoms with Gasteiger partial charge in [-0.2, -0.15) is 4.98 Å². The van der Waals surface area contributed by atoms with Gasteiger partial charge in [0.1, 0.15) is 0 Å². The van der Waals surface area contributed by atoms with E-state index in [0.717, 1.165) is 18.5 Å². The highest BCUT2D eigenvalue weighted by molar-refractivity contribution is 5.90. The van der Waals surface area contributed by atoms with Gasteiger partial charge in [0.05, 0.1) is 6.10 Å². The van der Waals surface area contributed by atoms with Crippen LogP contribution in [-0.4, -0.2) is 55.2 Å². The second kappa shape index (κ2) is 4.82. The molecule has 20 heavy (non-hydrogen) atoms. The molecule has 0 radical (unpaired) electrons. The molecule has 1 aliphatic rings. The maximum Gasteiger partial charge on any atom is 0.293 e. The smallest absolute Gasteiger partial charge is 0.293 e. The fourth-order valence-corrected chi connectivity index (χ4v) is 2.49. The first-order valence-electron chi connectivity index (χ1n) is 6.66. The Kier molecular flexibility index (Phi) is 3.13. The van der Waals surface area contributed by atoms with Crippen molar-refractivity contribution in [2.45, 2.75) is 25.9 Å². The molecule has 2 heterocycles. The molecule has 2 aromatic heterocycles. The van der Waals surface area contributed by atoms with Crippen LogP contribution in [0.5, 0.6) is 0 Å². The first kappa shape index (κ1) is 13.0. The van der Waals surface area contributed by atoms with Crippen LogP contribution in [0.15, 0.2) is 12.3 Å². The van der Waals surface area contributed by atoms with E-state index in [1.807, 2.05) is 13.0 Å². The van der Waals surface area contributed by atoms with Crippen molar-refractivity contribution < 1.29 is 9.90 Å². The van der Waals surface area contributed by atoms with Crippen molar-refractivity contribution in [2.24, 2.45) is 5.92 Å². The standard InChI is InChI=1S/C13H17N5O2/c1-8-3-4-14-13-15-11(16-18(8)13)12(20)17(2)7-9-5-10(19)6-9/h3-4,9-10,19H,5-7H2,1-2H3. The zero-order valence-corrected chi connectivity index (χ0v) is 11.5. The molecular formula is C13H17N5O2. The minimum absolute atomic E-state index is 0.161. The summed E-state index contributed by atoms with van der Waals surface area (Å²) in [6.45, 7) is 2.51. The lowest BCUT2D eigenvalue weighted by atomic mass is 9.82. The summed E-state index contributed by atoms with van der Waals surface area (Å²) in [6, 6.07) is 1.81. The Labute approximate surface area is 116 Å². The summed E-state index contributed by atoms with van der Waals surface area (Å²) in [7, 11) is 1.74. The molecular weight excluding hydrogens is 258 g/mol. The number of carbonyl (C=O) groups is 1. The van der Waals surface area contributed by atoms with Gasteiger partial charge in [-0.25, -0.2) is 9.50 Å². The van der Waals surface area contributed by atoms with Gasteiger partial charge >= 0.3 is 0 Å². The van der Waals surface area contributed by atoms with E-state index in [1.165, 1.54) is 0 Å². The van der Waals surface area contributed by atoms with E-state index in [9.17, 15) is 9.90 Å². The van der Waals surface area contributed by atoms with E-state index < -0.39 is 0 Å². The summed E-state index contributed by atoms with van der Waals surface area (Å²) >= 11 is 0. The molecule has 1 aliphatic carbocycles. The number of carbonyl (C=O) groups excluding carboxylic acids is 1. The molecule has 7 heteroatoms. The van der Waals surface area contributed by atoms with Gasteiger partial charge in [-0.05, 0) is 31.7 Å². The van der Waals surface area contributed by atoms with Gasteiger partial charge in [0.2, 0.25) is 5.82 Å². The van der Waals surface area contributed by atoms with Crippen molar-refractivity contribution in [2.75, 3.05) is 13.6 Å². The summed E-state index contributed by atoms with van der Waals surface area (Å²) < 4.78 is 1.56. The molecule has 3 rings (SSSR count). The number of aromatic nitrogens is 4. The average Bonchev–Trinajstić information content (AvgIpc) is 2.81. The monoisotopic (exact) mass is 275 g/mol. The van der Waals surface area contributed by atoms with Crippen molar-refractivity contribution >= 4 is 11.7 Å². The van der Waals surface area contributed by atoms with Crippen LogP contribution >= 0.6 is 0 Å². The minimum atomic E-state index is -0.212. The van der Waals surface area contributed by atoms with Crippen molar-refractivity contribution in [1.82, 2.24) is 24.5 Å². The Balaban J connectivity index is 1.76. The van der Waals surface area contributed by atoms with Gasteiger partial charge in [-0.3, -0.25) is 4.79 Å². The Bertz CT molecular complexity index is 647. The normalized spacial score (nSPS) is 21.8. The van der Waals surface area contributed by atoms with Gasteiger partial charge in [-0.15, -0.1) is 5.10 Å². The van der Waals surface area contributed by atoms with E-state index in [1.54, 1.807) is 22.7 Å². The van der Waals surface area contributed by atoms with Gasteiger partial charge in [0.15, 0.2) is 0 Å². The lowest BCUT2D eigenvalue weighted by molar-refractivity contribution is 0.0262. The molecule has 0 saturated heterocycles. The topological polar surface area (TPSA) is 83.6 Å². The van der Waals surface area contributed by atoms with E-state index in [0.29, 0.717) is 18.2 Å². The Morgan fingerprint density at radius 2 is 2.30 bits per heavy atom. The van der Waals surface area contributed by atoms with Gasteiger partial charge in [0, 0.05) is 25.5 Å². The highest BCUT2D eigenvalue weighted by Crippen LogP contribution is 2.27. The van der Waals surface area contributed by atoms with Crippen molar-refractivity contribution in [1.29, 1.82) is 0 Å². The molecule has 1 saturated carbocycles. The third-order valence-electron chi connectivity index (χ3n) is 3.71. The molecule has 2 aromatic rings. The molecule has 0 spiro atoms. The zero-order chi connectivity index (χ0) is 14.3. The highest BCUT2D eigenvalue weighted by Gasteiger charge is 2.30. The molecule has 0 unspecified atom stereocenters. The molecule has 0 atom stereocenters. The summed E-state index contributed by atoms with van der Waals surface area (Å²) in [6.07, 6.45) is 2.96. The SMILES string of the molecule is Cc1ccnc2nc(C(=O)N(C)CC3CC(O)C3)nn12. The fraction of sp³-hybridized carbons (Fsp3) is 0.538. The van der Waals surface area contributed by atoms with Crippen LogP contribution in [0.4, 0.5) is 0 Å². The lowest BCUT2D eigenvalue weighted by Crippen LogP contribution is -2.39. The third-order valence-corrected chi connectivity index (χ3v) is 3.71. The summed E-state index contributed by atoms with van der Waals surface area (Å²) in [4.78, 5) is 22.1. The van der Waals surface area contributed by atoms with Crippen molar-refractivity contribution in [3.05, 3.63) is 23.8 Å². The van der Waals surface area contributed by atoms with Crippen molar-refractivity contribution in [3.8, 4) is 0 Å². The molecule has 1 fully saturated rings. The minimum Gasteiger partial charge on any atom is -0.393 e. The third kappa shape index (κ3) is 2.24. The summed E-state index contributed by atoms with van der Waals surface area (Å²) in [5, 5.41) is 13.5. The van der Waals surface area contributed by atoms with E-state index >= 15 is 0 Å². The van der Waals surface area contributed by atoms with Crippen LogP contribution in [0.3, 0.4) is 0 Å². The number of rotatable bonds is 3. The number of hydrogen-bond acceptors (Lipinski definition) is 5. The molecule has 0 aliphatic heterocycles. The molecule has 1 N–H and O–H groups in total. The number of nitrogens with zero attached hydrogens (tertiary/aromatic N) is 5. The van der Waals surface area contributed by atoms with Crippen LogP contribution in [0.1, 0.15) is 29.2 Å². The number of aliphatic hydroxyl groups excluding tert-OH is 1. The van der Waals surface area contributed by atoms with Crippen LogP contribution in [0, 0.1) is 12.8 Å². The largest absolute Gasteiger partial charge is 0.393 e. The molecule has 1 amide bonds. The Hall–Kier alpha value is -2.02. The summed E-state index contributed by atoms with van der Waals surface area (Å²) in [5.41, 5.74) is 0.881. The average molecular weight is 275 g/mol. The Morgan fingerprint density at radius 3 is 2.95 bits per heavy atom. The molecule has 7 nitrogen and oxygen atoms in total. The predicted octanol–water partition coefficient (Wildman–Crippen LogP) is 0.276. The predicted molar refractivity (Wildman–Crippen MR) is 71.2 cm³/mol. The molecule has 106 valence electrons. The van der Waals surface area contributed by atoms with Crippen LogP contribution in [0.2, 0.25) is 0 Å². The molecule has 0 bridgehead atoms. The number of fused-ring (bicyclic) bond motifs is 1. The number of aryl methyl sites for hydroxylation is 1. The maximum atomic E-state index is 12.3. The lowest BCUT2D eigenvalue weighted by Gasteiger charge is -2.34. The van der Waals surface area contributed by atoms with Crippen LogP contribution in [0.25, 0.3) is 5.78 Å². The van der Waals surface area contributed by atoms with Gasteiger partial charge in [-0.1, -0.05) is 0 Å². The summed E-state index contributed by atoms with van der Waals surface area (Å²) in [5.74, 6) is 0.752. The second-order valence-electron chi connectivity index (χ2n) is 5.41. The first-order valence-corrected chi connectivity index (χ1v) is 6.66. The zero-order valence-electron chi connectivity index (χ0n) is 11.5.